The van der Waals surface area contributed by atoms with Crippen molar-refractivity contribution in [3.05, 3.63) is 54.6 Å². The van der Waals surface area contributed by atoms with E-state index in [-0.39, 0.29) is 31.2 Å². The lowest BCUT2D eigenvalue weighted by Gasteiger charge is -2.30. The Balaban J connectivity index is 1.19. The van der Waals surface area contributed by atoms with E-state index in [1.807, 2.05) is 54.6 Å². The number of thiazole rings is 1. The minimum Gasteiger partial charge on any atom is -0.497 e. The number of sulfonamides is 1. The van der Waals surface area contributed by atoms with Crippen LogP contribution in [0.4, 0.5) is 5.69 Å². The second kappa shape index (κ2) is 14.2. The van der Waals surface area contributed by atoms with E-state index in [0.29, 0.717) is 41.6 Å². The molecule has 278 valence electrons. The summed E-state index contributed by atoms with van der Waals surface area (Å²) in [4.78, 5) is 48.9. The van der Waals surface area contributed by atoms with Crippen molar-refractivity contribution in [2.24, 2.45) is 5.92 Å². The van der Waals surface area contributed by atoms with E-state index < -0.39 is 50.3 Å². The molecule has 2 aliphatic heterocycles. The van der Waals surface area contributed by atoms with Gasteiger partial charge in [0, 0.05) is 24.1 Å². The molecule has 0 bridgehead atoms. The number of nitrogens with zero attached hydrogens (tertiary/aromatic N) is 2. The van der Waals surface area contributed by atoms with Gasteiger partial charge in [-0.1, -0.05) is 42.4 Å². The molecule has 2 aromatic carbocycles. The highest BCUT2D eigenvalue weighted by atomic mass is 32.2. The van der Waals surface area contributed by atoms with E-state index in [1.165, 1.54) is 16.2 Å². The molecule has 13 nitrogen and oxygen atoms in total. The molecule has 3 fully saturated rings. The predicted molar refractivity (Wildman–Crippen MR) is 197 cm³/mol. The number of nitrogens with one attached hydrogen (secondary N) is 3. The third kappa shape index (κ3) is 7.29. The van der Waals surface area contributed by atoms with Gasteiger partial charge in [-0.05, 0) is 75.8 Å². The van der Waals surface area contributed by atoms with Gasteiger partial charge in [-0.15, -0.1) is 0 Å². The van der Waals surface area contributed by atoms with Crippen molar-refractivity contribution in [3.63, 3.8) is 0 Å². The molecule has 52 heavy (non-hydrogen) atoms. The van der Waals surface area contributed by atoms with Crippen molar-refractivity contribution in [3.8, 4) is 16.7 Å². The highest BCUT2D eigenvalue weighted by Gasteiger charge is 2.63. The first-order valence-electron chi connectivity index (χ1n) is 17.8. The van der Waals surface area contributed by atoms with Crippen LogP contribution in [0.25, 0.3) is 10.2 Å². The van der Waals surface area contributed by atoms with E-state index in [0.717, 1.165) is 35.9 Å². The van der Waals surface area contributed by atoms with Crippen LogP contribution in [0.2, 0.25) is 0 Å². The lowest BCUT2D eigenvalue weighted by molar-refractivity contribution is -0.140. The highest BCUT2D eigenvalue weighted by molar-refractivity contribution is 7.91. The number of carbonyl (C=O) groups excluding carboxylic acids is 3. The zero-order valence-electron chi connectivity index (χ0n) is 29.6. The number of hydrogen-bond acceptors (Lipinski definition) is 11. The Kier molecular flexibility index (Phi) is 9.85. The van der Waals surface area contributed by atoms with Gasteiger partial charge in [0.05, 0.1) is 35.7 Å². The summed E-state index contributed by atoms with van der Waals surface area (Å²) in [5, 5.41) is 6.74. The molecule has 2 aliphatic carbocycles. The molecule has 2 saturated carbocycles. The van der Waals surface area contributed by atoms with Crippen LogP contribution in [0.3, 0.4) is 0 Å². The number of methoxy groups -OCH3 is 2. The molecule has 15 heteroatoms. The van der Waals surface area contributed by atoms with Gasteiger partial charge in [-0.2, -0.15) is 0 Å². The average Bonchev–Trinajstić information content (AvgIpc) is 3.94. The predicted octanol–water partition coefficient (Wildman–Crippen LogP) is 4.54. The van der Waals surface area contributed by atoms with Crippen molar-refractivity contribution < 1.29 is 37.0 Å². The minimum absolute atomic E-state index is 0.113. The van der Waals surface area contributed by atoms with E-state index in [1.54, 1.807) is 21.1 Å². The number of hydrogen-bond donors (Lipinski definition) is 3. The maximum Gasteiger partial charge on any atom is 0.274 e. The van der Waals surface area contributed by atoms with Crippen molar-refractivity contribution in [2.75, 3.05) is 26.1 Å². The number of ether oxygens (including phenoxy) is 3. The summed E-state index contributed by atoms with van der Waals surface area (Å²) in [6.07, 6.45) is 8.46. The summed E-state index contributed by atoms with van der Waals surface area (Å²) in [5.74, 6) is -0.614. The normalized spacial score (nSPS) is 27.9. The topological polar surface area (TPSA) is 165 Å². The van der Waals surface area contributed by atoms with Gasteiger partial charge in [0.1, 0.15) is 35.2 Å². The van der Waals surface area contributed by atoms with Gasteiger partial charge in [0.2, 0.25) is 21.8 Å². The fraction of sp³-hybridized carbons (Fsp3) is 0.514. The maximum absolute atomic E-state index is 14.6. The molecule has 1 saturated heterocycles. The smallest absolute Gasteiger partial charge is 0.274 e. The first kappa shape index (κ1) is 36.0. The molecule has 3 N–H and O–H groups in total. The van der Waals surface area contributed by atoms with Crippen molar-refractivity contribution in [2.45, 2.75) is 93.2 Å². The quantitative estimate of drug-likeness (QED) is 0.265. The van der Waals surface area contributed by atoms with Gasteiger partial charge in [-0.3, -0.25) is 19.1 Å². The Bertz CT molecular complexity index is 2000. The number of fused-ring (bicyclic) bond motifs is 3. The van der Waals surface area contributed by atoms with Crippen LogP contribution in [0.1, 0.15) is 64.7 Å². The largest absolute Gasteiger partial charge is 0.497 e. The molecule has 7 rings (SSSR count). The summed E-state index contributed by atoms with van der Waals surface area (Å²) in [7, 11) is -0.772. The molecule has 3 aromatic rings. The SMILES string of the molecule is COc1cccc(N[C@H]2CCCCC/C=C\[C@@H]3C[C@@]3(C(=O)NS(=O)(=O)C3(C)CC3)NC(=O)[C@@H]3C[C@@H](Oc4nc5ccc(OC)cc5s4)CN3C2=O)c1. The Labute approximate surface area is 307 Å². The van der Waals surface area contributed by atoms with Gasteiger partial charge in [0.15, 0.2) is 0 Å². The summed E-state index contributed by atoms with van der Waals surface area (Å²) >= 11 is 1.34. The second-order valence-electron chi connectivity index (χ2n) is 14.4. The molecular formula is C37H45N5O8S2. The van der Waals surface area contributed by atoms with Crippen LogP contribution in [0.5, 0.6) is 16.7 Å². The Morgan fingerprint density at radius 3 is 2.62 bits per heavy atom. The number of benzene rings is 2. The van der Waals surface area contributed by atoms with Crippen LogP contribution in [0, 0.1) is 5.92 Å². The molecule has 5 atom stereocenters. The van der Waals surface area contributed by atoms with Crippen molar-refractivity contribution in [1.82, 2.24) is 19.9 Å². The molecule has 4 aliphatic rings. The molecule has 0 radical (unpaired) electrons. The number of aromatic nitrogens is 1. The summed E-state index contributed by atoms with van der Waals surface area (Å²) in [6, 6.07) is 11.2. The van der Waals surface area contributed by atoms with Crippen LogP contribution in [-0.4, -0.2) is 85.3 Å². The maximum atomic E-state index is 14.6. The summed E-state index contributed by atoms with van der Waals surface area (Å²) in [5.41, 5.74) is -0.0105. The molecular weight excluding hydrogens is 707 g/mol. The van der Waals surface area contributed by atoms with Crippen LogP contribution < -0.4 is 29.6 Å². The zero-order valence-corrected chi connectivity index (χ0v) is 31.2. The van der Waals surface area contributed by atoms with Crippen molar-refractivity contribution >= 4 is 55.0 Å². The van der Waals surface area contributed by atoms with Crippen LogP contribution in [0.15, 0.2) is 54.6 Å². The lowest BCUT2D eigenvalue weighted by atomic mass is 10.0. The second-order valence-corrected chi connectivity index (χ2v) is 17.6. The molecule has 3 heterocycles. The van der Waals surface area contributed by atoms with E-state index >= 15 is 0 Å². The fourth-order valence-electron chi connectivity index (χ4n) is 7.06. The average molecular weight is 752 g/mol. The van der Waals surface area contributed by atoms with Gasteiger partial charge in [0.25, 0.3) is 11.1 Å². The Morgan fingerprint density at radius 2 is 1.85 bits per heavy atom. The number of amides is 3. The standard InChI is InChI=1S/C37H45N5O8S2/c1-36(16-17-36)52(46,47)41-34(45)37-21-23(37)10-7-5-4-6-8-13-29(38-24-11-9-12-25(18-24)48-2)33(44)42-22-27(19-30(42)32(43)40-37)50-35-39-28-15-14-26(49-3)20-31(28)51-35/h7,9-12,14-15,18,20,23,27,29-30,38H,4-6,8,13,16-17,19,21-22H2,1-3H3,(H,40,43)(H,41,45)/b10-7-/t23-,27-,29+,30+,37-/m1/s1. The van der Waals surface area contributed by atoms with E-state index in [4.69, 9.17) is 14.2 Å². The van der Waals surface area contributed by atoms with Gasteiger partial charge in [-0.25, -0.2) is 13.4 Å². The lowest BCUT2D eigenvalue weighted by Crippen LogP contribution is -2.58. The van der Waals surface area contributed by atoms with Gasteiger partial charge >= 0.3 is 0 Å². The number of allylic oxidation sites excluding steroid dienone is 1. The van der Waals surface area contributed by atoms with E-state index in [9.17, 15) is 22.8 Å². The van der Waals surface area contributed by atoms with Crippen LogP contribution >= 0.6 is 11.3 Å². The molecule has 0 spiro atoms. The molecule has 0 unspecified atom stereocenters. The Hall–Kier alpha value is -4.37. The minimum atomic E-state index is -3.95. The molecule has 1 aromatic heterocycles. The first-order chi connectivity index (χ1) is 24.9. The zero-order chi connectivity index (χ0) is 36.7. The van der Waals surface area contributed by atoms with Gasteiger partial charge < -0.3 is 29.7 Å². The number of rotatable bonds is 9. The fourth-order valence-corrected chi connectivity index (χ4v) is 9.29. The summed E-state index contributed by atoms with van der Waals surface area (Å²) in [6.45, 7) is 1.72. The van der Waals surface area contributed by atoms with Crippen molar-refractivity contribution in [1.29, 1.82) is 0 Å². The Morgan fingerprint density at radius 1 is 1.06 bits per heavy atom. The number of carbonyl (C=O) groups is 3. The number of anilines is 1. The van der Waals surface area contributed by atoms with Crippen LogP contribution in [-0.2, 0) is 24.4 Å². The molecule has 3 amide bonds. The highest BCUT2D eigenvalue weighted by Crippen LogP contribution is 2.47. The summed E-state index contributed by atoms with van der Waals surface area (Å²) < 4.78 is 45.5. The van der Waals surface area contributed by atoms with E-state index in [2.05, 4.69) is 20.3 Å². The monoisotopic (exact) mass is 751 g/mol. The first-order valence-corrected chi connectivity index (χ1v) is 20.1. The third-order valence-electron chi connectivity index (χ3n) is 10.7. The third-order valence-corrected chi connectivity index (χ3v) is 13.8.